The zero-order chi connectivity index (χ0) is 9.42. The third-order valence-electron chi connectivity index (χ3n) is 1.75. The van der Waals surface area contributed by atoms with Crippen LogP contribution in [0, 0.1) is 0 Å². The van der Waals surface area contributed by atoms with Crippen LogP contribution in [0.4, 0.5) is 5.69 Å². The fraction of sp³-hybridized carbons (Fsp3) is 0.125. The molecule has 1 amide bonds. The molecule has 2 N–H and O–H groups in total. The Morgan fingerprint density at radius 1 is 1.38 bits per heavy atom. The Bertz CT molecular complexity index is 352. The van der Waals surface area contributed by atoms with Crippen LogP contribution >= 0.6 is 0 Å². The Labute approximate surface area is 73.7 Å². The average molecular weight is 181 g/mol. The van der Waals surface area contributed by atoms with Gasteiger partial charge in [0.25, 0.3) is 6.29 Å². The van der Waals surface area contributed by atoms with Crippen LogP contribution in [-0.2, 0) is 4.79 Å². The van der Waals surface area contributed by atoms with Gasteiger partial charge in [0.2, 0.25) is 0 Å². The number of aliphatic hydroxyl groups excluding tert-OH is 1. The molecular weight excluding hydrogens is 174 g/mol. The molecule has 0 saturated carbocycles. The van der Waals surface area contributed by atoms with E-state index < -0.39 is 12.2 Å². The summed E-state index contributed by atoms with van der Waals surface area (Å²) in [5.41, 5.74) is 0.234. The minimum absolute atomic E-state index is 0.234. The molecule has 1 atom stereocenters. The molecule has 13 heavy (non-hydrogen) atoms. The molecule has 1 aromatic carbocycles. The number of ether oxygens (including phenoxy) is 1. The number of hydrogen-bond acceptors (Lipinski definition) is 4. The van der Waals surface area contributed by atoms with Crippen molar-refractivity contribution in [2.24, 2.45) is 0 Å². The number of anilines is 1. The fourth-order valence-corrected chi connectivity index (χ4v) is 1.13. The predicted molar refractivity (Wildman–Crippen MR) is 42.3 cm³/mol. The standard InChI is InChI=1S/C8H7NO4/c10-7-8(11)13-6-4-2-1-3-5(6)9(7)12/h1-4,8,11-12H/t8-/m0/s1. The third kappa shape index (κ3) is 1.14. The van der Waals surface area contributed by atoms with Crippen molar-refractivity contribution in [3.63, 3.8) is 0 Å². The van der Waals surface area contributed by atoms with Gasteiger partial charge < -0.3 is 9.84 Å². The molecule has 2 rings (SSSR count). The highest BCUT2D eigenvalue weighted by atomic mass is 16.6. The Morgan fingerprint density at radius 3 is 2.85 bits per heavy atom. The second kappa shape index (κ2) is 2.72. The summed E-state index contributed by atoms with van der Waals surface area (Å²) in [5.74, 6) is -0.615. The molecule has 0 radical (unpaired) electrons. The van der Waals surface area contributed by atoms with Crippen LogP contribution in [0.5, 0.6) is 5.75 Å². The number of aliphatic hydroxyl groups is 1. The minimum atomic E-state index is -1.63. The van der Waals surface area contributed by atoms with Gasteiger partial charge in [0.15, 0.2) is 0 Å². The van der Waals surface area contributed by atoms with Crippen molar-refractivity contribution in [3.05, 3.63) is 24.3 Å². The van der Waals surface area contributed by atoms with Crippen LogP contribution in [0.1, 0.15) is 0 Å². The molecule has 0 spiro atoms. The van der Waals surface area contributed by atoms with E-state index in [-0.39, 0.29) is 11.4 Å². The molecule has 0 fully saturated rings. The maximum Gasteiger partial charge on any atom is 0.320 e. The summed E-state index contributed by atoms with van der Waals surface area (Å²) in [6.45, 7) is 0. The van der Waals surface area contributed by atoms with Crippen LogP contribution in [0.3, 0.4) is 0 Å². The molecule has 0 aromatic heterocycles. The van der Waals surface area contributed by atoms with Crippen molar-refractivity contribution in [1.82, 2.24) is 0 Å². The molecule has 68 valence electrons. The lowest BCUT2D eigenvalue weighted by molar-refractivity contribution is -0.148. The maximum absolute atomic E-state index is 11.0. The largest absolute Gasteiger partial charge is 0.453 e. The minimum Gasteiger partial charge on any atom is -0.453 e. The highest BCUT2D eigenvalue weighted by Crippen LogP contribution is 2.31. The number of amides is 1. The van der Waals surface area contributed by atoms with Gasteiger partial charge in [0.1, 0.15) is 11.4 Å². The molecule has 0 aliphatic carbocycles. The van der Waals surface area contributed by atoms with Crippen LogP contribution in [0.25, 0.3) is 0 Å². The highest BCUT2D eigenvalue weighted by molar-refractivity contribution is 5.96. The lowest BCUT2D eigenvalue weighted by Gasteiger charge is -2.26. The quantitative estimate of drug-likeness (QED) is 0.558. The number of hydrogen-bond donors (Lipinski definition) is 2. The number of fused-ring (bicyclic) bond motifs is 1. The monoisotopic (exact) mass is 181 g/mol. The molecule has 1 heterocycles. The van der Waals surface area contributed by atoms with E-state index >= 15 is 0 Å². The van der Waals surface area contributed by atoms with Crippen molar-refractivity contribution in [1.29, 1.82) is 0 Å². The van der Waals surface area contributed by atoms with Gasteiger partial charge in [-0.3, -0.25) is 10.0 Å². The zero-order valence-corrected chi connectivity index (χ0v) is 6.54. The topological polar surface area (TPSA) is 70.0 Å². The van der Waals surface area contributed by atoms with E-state index in [0.29, 0.717) is 5.06 Å². The lowest BCUT2D eigenvalue weighted by Crippen LogP contribution is -2.43. The van der Waals surface area contributed by atoms with E-state index in [1.165, 1.54) is 6.07 Å². The van der Waals surface area contributed by atoms with E-state index in [4.69, 9.17) is 9.84 Å². The van der Waals surface area contributed by atoms with Gasteiger partial charge in [0, 0.05) is 0 Å². The average Bonchev–Trinajstić information content (AvgIpc) is 2.15. The van der Waals surface area contributed by atoms with Gasteiger partial charge in [-0.05, 0) is 12.1 Å². The van der Waals surface area contributed by atoms with E-state index in [1.807, 2.05) is 0 Å². The van der Waals surface area contributed by atoms with Gasteiger partial charge in [-0.2, -0.15) is 5.06 Å². The first-order valence-electron chi connectivity index (χ1n) is 3.67. The Hall–Kier alpha value is -1.59. The third-order valence-corrected chi connectivity index (χ3v) is 1.75. The number of carbonyl (C=O) groups excluding carboxylic acids is 1. The van der Waals surface area contributed by atoms with Crippen molar-refractivity contribution >= 4 is 11.6 Å². The number of carbonyl (C=O) groups is 1. The zero-order valence-electron chi connectivity index (χ0n) is 6.54. The van der Waals surface area contributed by atoms with Gasteiger partial charge in [-0.25, -0.2) is 0 Å². The Morgan fingerprint density at radius 2 is 2.08 bits per heavy atom. The number of rotatable bonds is 0. The summed E-state index contributed by atoms with van der Waals surface area (Å²) < 4.78 is 4.82. The van der Waals surface area contributed by atoms with E-state index in [0.717, 1.165) is 0 Å². The van der Waals surface area contributed by atoms with Crippen LogP contribution < -0.4 is 9.80 Å². The number of benzene rings is 1. The highest BCUT2D eigenvalue weighted by Gasteiger charge is 2.31. The van der Waals surface area contributed by atoms with Gasteiger partial charge in [-0.1, -0.05) is 12.1 Å². The summed E-state index contributed by atoms with van der Waals surface area (Å²) >= 11 is 0. The molecule has 0 bridgehead atoms. The van der Waals surface area contributed by atoms with Gasteiger partial charge >= 0.3 is 5.91 Å². The van der Waals surface area contributed by atoms with Crippen LogP contribution in [-0.4, -0.2) is 22.5 Å². The molecule has 5 nitrogen and oxygen atoms in total. The molecule has 5 heteroatoms. The summed E-state index contributed by atoms with van der Waals surface area (Å²) in [6, 6.07) is 6.39. The smallest absolute Gasteiger partial charge is 0.320 e. The fourth-order valence-electron chi connectivity index (χ4n) is 1.13. The molecule has 1 aromatic rings. The number of para-hydroxylation sites is 2. The van der Waals surface area contributed by atoms with Crippen molar-refractivity contribution in [2.75, 3.05) is 5.06 Å². The summed E-state index contributed by atoms with van der Waals surface area (Å²) in [7, 11) is 0. The molecule has 0 saturated heterocycles. The lowest BCUT2D eigenvalue weighted by atomic mass is 10.2. The summed E-state index contributed by atoms with van der Waals surface area (Å²) in [4.78, 5) is 11.0. The summed E-state index contributed by atoms with van der Waals surface area (Å²) in [6.07, 6.45) is -1.63. The van der Waals surface area contributed by atoms with Crippen LogP contribution in [0.15, 0.2) is 24.3 Å². The second-order valence-electron chi connectivity index (χ2n) is 2.59. The van der Waals surface area contributed by atoms with Gasteiger partial charge in [-0.15, -0.1) is 0 Å². The predicted octanol–water partition coefficient (Wildman–Crippen LogP) is 0.120. The Balaban J connectivity index is 2.49. The second-order valence-corrected chi connectivity index (χ2v) is 2.59. The van der Waals surface area contributed by atoms with Crippen molar-refractivity contribution < 1.29 is 19.8 Å². The molecular formula is C8H7NO4. The van der Waals surface area contributed by atoms with Crippen molar-refractivity contribution in [3.8, 4) is 5.75 Å². The first-order valence-corrected chi connectivity index (χ1v) is 3.67. The van der Waals surface area contributed by atoms with Gasteiger partial charge in [0.05, 0.1) is 0 Å². The molecule has 1 aliphatic rings. The Kier molecular flexibility index (Phi) is 1.68. The van der Waals surface area contributed by atoms with E-state index in [2.05, 4.69) is 0 Å². The first kappa shape index (κ1) is 8.03. The molecule has 0 unspecified atom stereocenters. The van der Waals surface area contributed by atoms with E-state index in [1.54, 1.807) is 18.2 Å². The number of nitrogens with zero attached hydrogens (tertiary/aromatic N) is 1. The van der Waals surface area contributed by atoms with E-state index in [9.17, 15) is 10.0 Å². The number of hydroxylamine groups is 1. The molecule has 1 aliphatic heterocycles. The SMILES string of the molecule is O=C1[C@@H](O)Oc2ccccc2N1O. The first-order chi connectivity index (χ1) is 6.20. The van der Waals surface area contributed by atoms with Crippen molar-refractivity contribution in [2.45, 2.75) is 6.29 Å². The summed E-state index contributed by atoms with van der Waals surface area (Å²) in [5, 5.41) is 18.6. The normalized spacial score (nSPS) is 20.9. The van der Waals surface area contributed by atoms with Crippen LogP contribution in [0.2, 0.25) is 0 Å². The maximum atomic E-state index is 11.0.